The summed E-state index contributed by atoms with van der Waals surface area (Å²) in [4.78, 5) is 11.9. The van der Waals surface area contributed by atoms with E-state index in [4.69, 9.17) is 9.29 Å². The lowest BCUT2D eigenvalue weighted by Crippen LogP contribution is -2.42. The van der Waals surface area contributed by atoms with Crippen molar-refractivity contribution in [3.05, 3.63) is 0 Å². The van der Waals surface area contributed by atoms with E-state index in [1.54, 1.807) is 0 Å². The average molecular weight is 347 g/mol. The van der Waals surface area contributed by atoms with Crippen LogP contribution in [0.25, 0.3) is 0 Å². The fourth-order valence-corrected chi connectivity index (χ4v) is 5.70. The minimum absolute atomic E-state index is 0.0152. The highest BCUT2D eigenvalue weighted by Gasteiger charge is 2.65. The third-order valence-corrected chi connectivity index (χ3v) is 6.75. The van der Waals surface area contributed by atoms with Crippen LogP contribution in [0.1, 0.15) is 47.0 Å². The van der Waals surface area contributed by atoms with Gasteiger partial charge in [-0.1, -0.05) is 13.8 Å². The van der Waals surface area contributed by atoms with Gasteiger partial charge in [-0.15, -0.1) is 0 Å². The molecule has 1 saturated heterocycles. The van der Waals surface area contributed by atoms with Crippen LogP contribution in [0.5, 0.6) is 0 Å². The summed E-state index contributed by atoms with van der Waals surface area (Å²) < 4.78 is 36.4. The predicted octanol–water partition coefficient (Wildman–Crippen LogP) is 1.65. The minimum atomic E-state index is -4.08. The molecule has 0 unspecified atom stereocenters. The Morgan fingerprint density at radius 3 is 2.13 bits per heavy atom. The standard InChI is InChI=1S/C10H16O4S.C6H13NO/c1-9(2)7-3-4-10(9,8(11)5-7)6-15(12,13)14;1-5-3-7-4-6(2)8-5/h7H,3-6H2,1-2H3,(H,12,13,14);5-7H,3-4H2,1-2H3/t7-,10+;5-,6-/m10/s1. The van der Waals surface area contributed by atoms with Gasteiger partial charge in [0.25, 0.3) is 10.1 Å². The Bertz CT molecular complexity index is 551. The molecule has 134 valence electrons. The normalized spacial score (nSPS) is 39.0. The van der Waals surface area contributed by atoms with Crippen molar-refractivity contribution >= 4 is 15.9 Å². The number of rotatable bonds is 2. The van der Waals surface area contributed by atoms with Crippen LogP contribution in [-0.2, 0) is 19.6 Å². The van der Waals surface area contributed by atoms with Crippen molar-refractivity contribution in [1.82, 2.24) is 5.32 Å². The Hall–Kier alpha value is -0.500. The predicted molar refractivity (Wildman–Crippen MR) is 87.9 cm³/mol. The van der Waals surface area contributed by atoms with Gasteiger partial charge in [0.05, 0.1) is 23.4 Å². The van der Waals surface area contributed by atoms with Crippen molar-refractivity contribution in [1.29, 1.82) is 0 Å². The Labute approximate surface area is 139 Å². The van der Waals surface area contributed by atoms with Crippen molar-refractivity contribution in [2.75, 3.05) is 18.8 Å². The van der Waals surface area contributed by atoms with Crippen molar-refractivity contribution in [2.45, 2.75) is 59.2 Å². The fourth-order valence-electron chi connectivity index (χ4n) is 4.40. The van der Waals surface area contributed by atoms with Crippen LogP contribution < -0.4 is 5.32 Å². The summed E-state index contributed by atoms with van der Waals surface area (Å²) in [5, 5.41) is 3.26. The highest BCUT2D eigenvalue weighted by Crippen LogP contribution is 2.64. The van der Waals surface area contributed by atoms with Gasteiger partial charge in [0.1, 0.15) is 5.78 Å². The quantitative estimate of drug-likeness (QED) is 0.738. The molecule has 2 N–H and O–H groups in total. The smallest absolute Gasteiger partial charge is 0.265 e. The Morgan fingerprint density at radius 1 is 1.26 bits per heavy atom. The van der Waals surface area contributed by atoms with Crippen LogP contribution in [0.4, 0.5) is 0 Å². The Balaban J connectivity index is 0.000000203. The summed E-state index contributed by atoms with van der Waals surface area (Å²) >= 11 is 0. The lowest BCUT2D eigenvalue weighted by Gasteiger charge is -2.35. The molecule has 2 aliphatic carbocycles. The van der Waals surface area contributed by atoms with Gasteiger partial charge in [0, 0.05) is 19.5 Å². The minimum Gasteiger partial charge on any atom is -0.373 e. The van der Waals surface area contributed by atoms with E-state index in [9.17, 15) is 13.2 Å². The van der Waals surface area contributed by atoms with Crippen LogP contribution in [0, 0.1) is 16.7 Å². The third kappa shape index (κ3) is 3.78. The first-order valence-corrected chi connectivity index (χ1v) is 9.93. The van der Waals surface area contributed by atoms with Gasteiger partial charge < -0.3 is 10.1 Å². The highest BCUT2D eigenvalue weighted by atomic mass is 32.2. The van der Waals surface area contributed by atoms with E-state index in [0.717, 1.165) is 19.5 Å². The second-order valence-electron chi connectivity index (χ2n) is 7.81. The number of ether oxygens (including phenoxy) is 1. The van der Waals surface area contributed by atoms with Gasteiger partial charge in [0.15, 0.2) is 0 Å². The molecule has 0 aromatic rings. The maximum Gasteiger partial charge on any atom is 0.265 e. The van der Waals surface area contributed by atoms with E-state index >= 15 is 0 Å². The summed E-state index contributed by atoms with van der Waals surface area (Å²) in [7, 11) is -4.08. The first-order chi connectivity index (χ1) is 10.5. The van der Waals surface area contributed by atoms with Gasteiger partial charge >= 0.3 is 0 Å². The molecule has 1 aliphatic heterocycles. The van der Waals surface area contributed by atoms with E-state index in [1.807, 2.05) is 13.8 Å². The highest BCUT2D eigenvalue weighted by molar-refractivity contribution is 7.85. The van der Waals surface area contributed by atoms with Gasteiger partial charge in [-0.25, -0.2) is 0 Å². The molecule has 3 aliphatic rings. The number of carbonyl (C=O) groups excluding carboxylic acids is 1. The van der Waals surface area contributed by atoms with Gasteiger partial charge in [-0.05, 0) is 38.0 Å². The first-order valence-electron chi connectivity index (χ1n) is 8.32. The Morgan fingerprint density at radius 2 is 1.83 bits per heavy atom. The molecule has 3 rings (SSSR count). The maximum atomic E-state index is 11.9. The monoisotopic (exact) mass is 347 g/mol. The molecule has 0 aromatic carbocycles. The summed E-state index contributed by atoms with van der Waals surface area (Å²) in [5.41, 5.74) is -1.12. The topological polar surface area (TPSA) is 92.7 Å². The van der Waals surface area contributed by atoms with Crippen molar-refractivity contribution in [2.24, 2.45) is 16.7 Å². The zero-order chi connectivity index (χ0) is 17.5. The van der Waals surface area contributed by atoms with Crippen LogP contribution >= 0.6 is 0 Å². The largest absolute Gasteiger partial charge is 0.373 e. The zero-order valence-electron chi connectivity index (χ0n) is 14.5. The second-order valence-corrected chi connectivity index (χ2v) is 9.26. The fraction of sp³-hybridized carbons (Fsp3) is 0.938. The molecule has 23 heavy (non-hydrogen) atoms. The van der Waals surface area contributed by atoms with Crippen LogP contribution in [0.15, 0.2) is 0 Å². The number of carbonyl (C=O) groups is 1. The summed E-state index contributed by atoms with van der Waals surface area (Å²) in [6.45, 7) is 10.1. The van der Waals surface area contributed by atoms with E-state index in [-0.39, 0.29) is 17.1 Å². The molecule has 0 radical (unpaired) electrons. The number of nitrogens with one attached hydrogen (secondary N) is 1. The molecule has 0 amide bonds. The first kappa shape index (κ1) is 18.8. The van der Waals surface area contributed by atoms with E-state index in [2.05, 4.69) is 19.2 Å². The Kier molecular flexibility index (Phi) is 5.26. The van der Waals surface area contributed by atoms with Crippen LogP contribution in [0.2, 0.25) is 0 Å². The SMILES string of the molecule is CC1(C)[C@@H]2CC[C@]1(CS(=O)(=O)O)C(=O)C2.C[C@H]1CNC[C@H](C)O1. The number of Topliss-reactive ketones (excluding diaryl/α,β-unsaturated/α-hetero) is 1. The van der Waals surface area contributed by atoms with Crippen LogP contribution in [0.3, 0.4) is 0 Å². The molecular weight excluding hydrogens is 318 g/mol. The zero-order valence-corrected chi connectivity index (χ0v) is 15.3. The van der Waals surface area contributed by atoms with Crippen molar-refractivity contribution in [3.63, 3.8) is 0 Å². The van der Waals surface area contributed by atoms with Gasteiger partial charge in [-0.3, -0.25) is 9.35 Å². The van der Waals surface area contributed by atoms with Gasteiger partial charge in [0.2, 0.25) is 0 Å². The lowest BCUT2D eigenvalue weighted by atomic mass is 9.70. The molecule has 4 atom stereocenters. The molecule has 2 bridgehead atoms. The summed E-state index contributed by atoms with van der Waals surface area (Å²) in [6, 6.07) is 0. The molecule has 7 heteroatoms. The van der Waals surface area contributed by atoms with Crippen molar-refractivity contribution < 1.29 is 22.5 Å². The summed E-state index contributed by atoms with van der Waals surface area (Å²) in [6.07, 6.45) is 2.78. The molecule has 0 spiro atoms. The van der Waals surface area contributed by atoms with E-state index in [1.165, 1.54) is 0 Å². The number of ketones is 1. The van der Waals surface area contributed by atoms with Crippen molar-refractivity contribution in [3.8, 4) is 0 Å². The van der Waals surface area contributed by atoms with Crippen LogP contribution in [-0.4, -0.2) is 49.8 Å². The molecule has 6 nitrogen and oxygen atoms in total. The maximum absolute atomic E-state index is 11.9. The number of hydrogen-bond acceptors (Lipinski definition) is 5. The molecule has 1 heterocycles. The molecule has 3 fully saturated rings. The number of fused-ring (bicyclic) bond motifs is 2. The number of morpholine rings is 1. The van der Waals surface area contributed by atoms with E-state index in [0.29, 0.717) is 25.0 Å². The lowest BCUT2D eigenvalue weighted by molar-refractivity contribution is -0.128. The molecule has 0 aromatic heterocycles. The molecular formula is C16H29NO5S. The van der Waals surface area contributed by atoms with E-state index < -0.39 is 21.3 Å². The second kappa shape index (κ2) is 6.43. The van der Waals surface area contributed by atoms with Gasteiger partial charge in [-0.2, -0.15) is 8.42 Å². The average Bonchev–Trinajstić information content (AvgIpc) is 2.71. The number of hydrogen-bond donors (Lipinski definition) is 2. The summed E-state index contributed by atoms with van der Waals surface area (Å²) in [5.74, 6) is -0.101. The molecule has 2 saturated carbocycles. The third-order valence-electron chi connectivity index (χ3n) is 5.90.